The van der Waals surface area contributed by atoms with Gasteiger partial charge < -0.3 is 4.52 Å². The van der Waals surface area contributed by atoms with Crippen LogP contribution in [0, 0.1) is 19.8 Å². The van der Waals surface area contributed by atoms with Gasteiger partial charge in [-0.05, 0) is 38.8 Å². The molecule has 4 heterocycles. The van der Waals surface area contributed by atoms with Crippen LogP contribution < -0.4 is 5.56 Å². The van der Waals surface area contributed by atoms with Gasteiger partial charge in [0.05, 0.1) is 18.8 Å². The fraction of sp³-hybridized carbons (Fsp3) is 0.550. The van der Waals surface area contributed by atoms with Gasteiger partial charge in [0.2, 0.25) is 5.89 Å². The lowest BCUT2D eigenvalue weighted by molar-refractivity contribution is 0.0732. The van der Waals surface area contributed by atoms with E-state index in [1.807, 2.05) is 19.9 Å². The number of nitrogens with zero attached hydrogens (tertiary/aromatic N) is 7. The molecule has 1 saturated heterocycles. The van der Waals surface area contributed by atoms with Gasteiger partial charge in [0, 0.05) is 36.7 Å². The van der Waals surface area contributed by atoms with Gasteiger partial charge in [-0.15, -0.1) is 5.10 Å². The van der Waals surface area contributed by atoms with Gasteiger partial charge in [-0.2, -0.15) is 10.1 Å². The quantitative estimate of drug-likeness (QED) is 0.628. The summed E-state index contributed by atoms with van der Waals surface area (Å²) < 4.78 is 8.72. The molecule has 5 rings (SSSR count). The second kappa shape index (κ2) is 7.22. The summed E-state index contributed by atoms with van der Waals surface area (Å²) in [6, 6.07) is 5.28. The molecule has 1 aliphatic carbocycles. The molecule has 0 unspecified atom stereocenters. The highest BCUT2D eigenvalue weighted by Crippen LogP contribution is 2.35. The zero-order valence-corrected chi connectivity index (χ0v) is 16.8. The molecule has 9 heteroatoms. The van der Waals surface area contributed by atoms with E-state index in [-0.39, 0.29) is 5.56 Å². The Morgan fingerprint density at radius 3 is 2.69 bits per heavy atom. The van der Waals surface area contributed by atoms with E-state index in [9.17, 15) is 4.79 Å². The van der Waals surface area contributed by atoms with E-state index < -0.39 is 0 Å². The van der Waals surface area contributed by atoms with Gasteiger partial charge in [-0.25, -0.2) is 9.36 Å². The molecule has 0 N–H and O–H groups in total. The smallest absolute Gasteiger partial charge is 0.266 e. The molecular formula is C20H25N7O2. The molecule has 1 saturated carbocycles. The molecule has 0 bridgehead atoms. The molecule has 0 aromatic carbocycles. The maximum atomic E-state index is 12.3. The lowest BCUT2D eigenvalue weighted by Gasteiger charge is -2.38. The molecule has 2 fully saturated rings. The van der Waals surface area contributed by atoms with Crippen LogP contribution in [0.25, 0.3) is 5.82 Å². The van der Waals surface area contributed by atoms with Crippen molar-refractivity contribution in [2.24, 2.45) is 5.92 Å². The Kier molecular flexibility index (Phi) is 4.54. The van der Waals surface area contributed by atoms with E-state index in [0.717, 1.165) is 49.0 Å². The average Bonchev–Trinajstić information content (AvgIpc) is 3.19. The molecule has 3 aromatic heterocycles. The molecule has 3 aromatic rings. The van der Waals surface area contributed by atoms with Crippen molar-refractivity contribution >= 4 is 0 Å². The number of hydrogen-bond acceptors (Lipinski definition) is 7. The molecule has 2 aliphatic rings. The summed E-state index contributed by atoms with van der Waals surface area (Å²) in [5.74, 6) is 3.07. The van der Waals surface area contributed by atoms with Gasteiger partial charge in [-0.3, -0.25) is 9.69 Å². The molecule has 0 amide bonds. The van der Waals surface area contributed by atoms with Crippen LogP contribution in [0.15, 0.2) is 27.5 Å². The lowest BCUT2D eigenvalue weighted by atomic mass is 9.85. The van der Waals surface area contributed by atoms with E-state index in [1.54, 1.807) is 21.5 Å². The summed E-state index contributed by atoms with van der Waals surface area (Å²) in [5, 5.41) is 13.1. The first-order chi connectivity index (χ1) is 14.0. The minimum Gasteiger partial charge on any atom is -0.339 e. The highest BCUT2D eigenvalue weighted by Gasteiger charge is 2.30. The van der Waals surface area contributed by atoms with Crippen LogP contribution in [-0.4, -0.2) is 47.7 Å². The SMILES string of the molecule is Cc1cc(C)n(-c2ccc(=O)n(CC3CN(Cc4noc(C5CCC5)n4)C3)n2)n1. The van der Waals surface area contributed by atoms with Crippen LogP contribution in [0.4, 0.5) is 0 Å². The molecule has 152 valence electrons. The summed E-state index contributed by atoms with van der Waals surface area (Å²) >= 11 is 0. The molecule has 0 radical (unpaired) electrons. The Hall–Kier alpha value is -2.81. The molecular weight excluding hydrogens is 370 g/mol. The Balaban J connectivity index is 1.20. The lowest BCUT2D eigenvalue weighted by Crippen LogP contribution is -2.49. The maximum absolute atomic E-state index is 12.3. The van der Waals surface area contributed by atoms with Crippen LogP contribution in [0.3, 0.4) is 0 Å². The molecule has 1 aliphatic heterocycles. The Morgan fingerprint density at radius 1 is 1.17 bits per heavy atom. The molecule has 0 atom stereocenters. The Morgan fingerprint density at radius 2 is 2.00 bits per heavy atom. The van der Waals surface area contributed by atoms with Gasteiger partial charge >= 0.3 is 0 Å². The topological polar surface area (TPSA) is 94.9 Å². The standard InChI is InChI=1S/C20H25N7O2/c1-13-8-14(2)27(22-13)18-6-7-19(28)26(23-18)11-15-9-25(10-15)12-17-21-20(29-24-17)16-4-3-5-16/h6-8,15-16H,3-5,9-12H2,1-2H3. The van der Waals surface area contributed by atoms with Crippen LogP contribution in [0.1, 0.15) is 48.3 Å². The third-order valence-corrected chi connectivity index (χ3v) is 5.85. The van der Waals surface area contributed by atoms with Crippen LogP contribution in [-0.2, 0) is 13.1 Å². The molecule has 9 nitrogen and oxygen atoms in total. The highest BCUT2D eigenvalue weighted by molar-refractivity contribution is 5.23. The van der Waals surface area contributed by atoms with E-state index in [1.165, 1.54) is 6.42 Å². The third-order valence-electron chi connectivity index (χ3n) is 5.85. The van der Waals surface area contributed by atoms with Gasteiger partial charge in [-0.1, -0.05) is 11.6 Å². The molecule has 0 spiro atoms. The van der Waals surface area contributed by atoms with Crippen LogP contribution >= 0.6 is 0 Å². The fourth-order valence-corrected chi connectivity index (χ4v) is 4.06. The Labute approximate surface area is 168 Å². The monoisotopic (exact) mass is 395 g/mol. The zero-order chi connectivity index (χ0) is 20.0. The number of aryl methyl sites for hydroxylation is 2. The van der Waals surface area contributed by atoms with Crippen molar-refractivity contribution in [3.8, 4) is 5.82 Å². The van der Waals surface area contributed by atoms with Crippen LogP contribution in [0.2, 0.25) is 0 Å². The zero-order valence-electron chi connectivity index (χ0n) is 16.8. The van der Waals surface area contributed by atoms with Crippen molar-refractivity contribution < 1.29 is 4.52 Å². The van der Waals surface area contributed by atoms with Crippen molar-refractivity contribution in [3.05, 3.63) is 51.7 Å². The minimum atomic E-state index is -0.0861. The van der Waals surface area contributed by atoms with Crippen molar-refractivity contribution in [1.29, 1.82) is 0 Å². The molecule has 29 heavy (non-hydrogen) atoms. The van der Waals surface area contributed by atoms with E-state index in [4.69, 9.17) is 4.52 Å². The number of aromatic nitrogens is 6. The number of rotatable bonds is 6. The Bertz CT molecular complexity index is 1070. The largest absolute Gasteiger partial charge is 0.339 e. The summed E-state index contributed by atoms with van der Waals surface area (Å²) in [5.41, 5.74) is 1.84. The van der Waals surface area contributed by atoms with Crippen molar-refractivity contribution in [2.45, 2.75) is 52.1 Å². The van der Waals surface area contributed by atoms with E-state index >= 15 is 0 Å². The summed E-state index contributed by atoms with van der Waals surface area (Å²) in [6.45, 7) is 7.01. The van der Waals surface area contributed by atoms with E-state index in [2.05, 4.69) is 25.2 Å². The van der Waals surface area contributed by atoms with Gasteiger partial charge in [0.15, 0.2) is 11.6 Å². The average molecular weight is 395 g/mol. The first kappa shape index (κ1) is 18.2. The highest BCUT2D eigenvalue weighted by atomic mass is 16.5. The predicted octanol–water partition coefficient (Wildman–Crippen LogP) is 1.83. The van der Waals surface area contributed by atoms with Crippen molar-refractivity contribution in [2.75, 3.05) is 13.1 Å². The summed E-state index contributed by atoms with van der Waals surface area (Å²) in [4.78, 5) is 19.1. The van der Waals surface area contributed by atoms with E-state index in [0.29, 0.717) is 30.7 Å². The van der Waals surface area contributed by atoms with Crippen LogP contribution in [0.5, 0.6) is 0 Å². The predicted molar refractivity (Wildman–Crippen MR) is 105 cm³/mol. The summed E-state index contributed by atoms with van der Waals surface area (Å²) in [6.07, 6.45) is 3.57. The number of likely N-dealkylation sites (tertiary alicyclic amines) is 1. The van der Waals surface area contributed by atoms with Gasteiger partial charge in [0.1, 0.15) is 0 Å². The third kappa shape index (κ3) is 3.62. The van der Waals surface area contributed by atoms with Crippen molar-refractivity contribution in [1.82, 2.24) is 34.6 Å². The number of hydrogen-bond donors (Lipinski definition) is 0. The first-order valence-electron chi connectivity index (χ1n) is 10.2. The first-order valence-corrected chi connectivity index (χ1v) is 10.2. The second-order valence-corrected chi connectivity index (χ2v) is 8.29. The minimum absolute atomic E-state index is 0.0861. The fourth-order valence-electron chi connectivity index (χ4n) is 4.06. The summed E-state index contributed by atoms with van der Waals surface area (Å²) in [7, 11) is 0. The maximum Gasteiger partial charge on any atom is 0.266 e. The second-order valence-electron chi connectivity index (χ2n) is 8.29. The van der Waals surface area contributed by atoms with Crippen molar-refractivity contribution in [3.63, 3.8) is 0 Å². The van der Waals surface area contributed by atoms with Gasteiger partial charge in [0.25, 0.3) is 5.56 Å². The normalized spacial score (nSPS) is 18.0.